The van der Waals surface area contributed by atoms with E-state index in [0.717, 1.165) is 0 Å². The average molecular weight is 583 g/mol. The summed E-state index contributed by atoms with van der Waals surface area (Å²) in [7, 11) is 0. The first-order chi connectivity index (χ1) is 22.8. The van der Waals surface area contributed by atoms with Gasteiger partial charge < -0.3 is 0 Å². The molecule has 3 aliphatic heterocycles. The van der Waals surface area contributed by atoms with E-state index in [4.69, 9.17) is 0 Å². The van der Waals surface area contributed by atoms with E-state index in [1.54, 1.807) is 0 Å². The maximum atomic E-state index is 2.76. The van der Waals surface area contributed by atoms with E-state index < -0.39 is 11.1 Å². The van der Waals surface area contributed by atoms with Crippen molar-refractivity contribution in [2.75, 3.05) is 0 Å². The molecule has 0 fully saturated rings. The van der Waals surface area contributed by atoms with E-state index >= 15 is 0 Å². The topological polar surface area (TPSA) is 7.76 Å². The molecule has 0 saturated heterocycles. The molecule has 8 aromatic rings. The highest BCUT2D eigenvalue weighted by Crippen LogP contribution is 2.61. The molecule has 46 heavy (non-hydrogen) atoms. The molecule has 2 aromatic heterocycles. The van der Waals surface area contributed by atoms with Crippen molar-refractivity contribution in [2.24, 2.45) is 0 Å². The lowest BCUT2D eigenvalue weighted by Crippen LogP contribution is -2.79. The minimum atomic E-state index is -0.561. The molecule has 0 N–H and O–H groups in total. The fourth-order valence-corrected chi connectivity index (χ4v) is 9.97. The third-order valence-electron chi connectivity index (χ3n) is 11.4. The standard InChI is InChI=1S/C44H26N2/c1-3-15-29-27(13-1)25-39-43(35-21-9-5-17-31(35)32-18-6-10-22-36(32)43)40-26-28-14-2-4-16-30(28)42-34-20-8-12-24-38(34)44(46(40)42)37-23-11-7-19-33(37)41(29)45(39)44/h1-26H/q+2. The molecule has 12 rings (SSSR count). The van der Waals surface area contributed by atoms with Crippen molar-refractivity contribution in [3.05, 3.63) is 191 Å². The first kappa shape index (κ1) is 23.5. The molecule has 210 valence electrons. The Bertz CT molecular complexity index is 2530. The summed E-state index contributed by atoms with van der Waals surface area (Å²) in [6.07, 6.45) is 0. The largest absolute Gasteiger partial charge is 0.418 e. The van der Waals surface area contributed by atoms with Crippen LogP contribution in [-0.2, 0) is 11.1 Å². The van der Waals surface area contributed by atoms with Crippen molar-refractivity contribution in [1.29, 1.82) is 0 Å². The number of fused-ring (bicyclic) bond motifs is 15. The average Bonchev–Trinajstić information content (AvgIpc) is 3.72. The molecule has 2 nitrogen and oxygen atoms in total. The van der Waals surface area contributed by atoms with Crippen LogP contribution in [0.3, 0.4) is 0 Å². The SMILES string of the molecule is c1ccc2c(c1)-c1ccccc1C21c2cc3ccccc3c3[n+]2C2(c4ccccc4-3)c3ccccc3-c3c4ccccc4cc1[n+]32. The van der Waals surface area contributed by atoms with Gasteiger partial charge in [0.15, 0.2) is 5.41 Å². The number of hydrogen-bond acceptors (Lipinski definition) is 0. The van der Waals surface area contributed by atoms with Gasteiger partial charge in [-0.05, 0) is 69.4 Å². The lowest BCUT2D eigenvalue weighted by atomic mass is 9.69. The minimum Gasteiger partial charge on any atom is -0.120 e. The zero-order chi connectivity index (χ0) is 29.8. The molecule has 1 aliphatic carbocycles. The first-order valence-electron chi connectivity index (χ1n) is 16.2. The maximum Gasteiger partial charge on any atom is 0.418 e. The van der Waals surface area contributed by atoms with E-state index in [2.05, 4.69) is 167 Å². The van der Waals surface area contributed by atoms with Crippen molar-refractivity contribution >= 4 is 21.5 Å². The second-order valence-corrected chi connectivity index (χ2v) is 13.2. The fourth-order valence-electron chi connectivity index (χ4n) is 9.97. The van der Waals surface area contributed by atoms with Gasteiger partial charge in [-0.3, -0.25) is 0 Å². The van der Waals surface area contributed by atoms with Crippen LogP contribution in [0.5, 0.6) is 0 Å². The molecule has 0 atom stereocenters. The number of benzene rings is 6. The van der Waals surface area contributed by atoms with E-state index in [1.807, 2.05) is 0 Å². The Labute approximate surface area is 266 Å². The van der Waals surface area contributed by atoms with Crippen LogP contribution >= 0.6 is 0 Å². The second-order valence-electron chi connectivity index (χ2n) is 13.2. The summed E-state index contributed by atoms with van der Waals surface area (Å²) in [5, 5.41) is 5.14. The van der Waals surface area contributed by atoms with Crippen molar-refractivity contribution in [3.8, 4) is 33.6 Å². The van der Waals surface area contributed by atoms with Gasteiger partial charge in [0, 0.05) is 12.1 Å². The third-order valence-corrected chi connectivity index (χ3v) is 11.4. The van der Waals surface area contributed by atoms with E-state index in [9.17, 15) is 0 Å². The van der Waals surface area contributed by atoms with Gasteiger partial charge in [0.2, 0.25) is 22.8 Å². The van der Waals surface area contributed by atoms with Gasteiger partial charge in [0.1, 0.15) is 11.1 Å². The van der Waals surface area contributed by atoms with Crippen LogP contribution in [0.4, 0.5) is 0 Å². The van der Waals surface area contributed by atoms with Crippen molar-refractivity contribution in [1.82, 2.24) is 0 Å². The fraction of sp³-hybridized carbons (Fsp3) is 0.0455. The predicted molar refractivity (Wildman–Crippen MR) is 182 cm³/mol. The zero-order valence-corrected chi connectivity index (χ0v) is 24.9. The normalized spacial score (nSPS) is 15.7. The van der Waals surface area contributed by atoms with Crippen molar-refractivity contribution in [3.63, 3.8) is 0 Å². The molecule has 0 radical (unpaired) electrons. The Kier molecular flexibility index (Phi) is 3.92. The summed E-state index contributed by atoms with van der Waals surface area (Å²) in [6, 6.07) is 59.7. The molecule has 2 heteroatoms. The number of pyridine rings is 2. The molecule has 0 unspecified atom stereocenters. The molecule has 2 spiro atoms. The van der Waals surface area contributed by atoms with Gasteiger partial charge >= 0.3 is 5.66 Å². The highest BCUT2D eigenvalue weighted by Gasteiger charge is 2.76. The molecule has 6 aromatic carbocycles. The molecular weight excluding hydrogens is 556 g/mol. The molecule has 0 saturated carbocycles. The zero-order valence-electron chi connectivity index (χ0n) is 24.9. The van der Waals surface area contributed by atoms with Crippen LogP contribution in [-0.4, -0.2) is 0 Å². The third kappa shape index (κ3) is 2.27. The quantitative estimate of drug-likeness (QED) is 0.158. The Morgan fingerprint density at radius 3 is 1.20 bits per heavy atom. The lowest BCUT2D eigenvalue weighted by Gasteiger charge is -2.36. The summed E-state index contributed by atoms with van der Waals surface area (Å²) in [4.78, 5) is 0. The lowest BCUT2D eigenvalue weighted by molar-refractivity contribution is -0.970. The van der Waals surface area contributed by atoms with E-state index in [-0.39, 0.29) is 0 Å². The molecular formula is C44H26N2+2. The molecule has 0 bridgehead atoms. The van der Waals surface area contributed by atoms with Gasteiger partial charge in [0.05, 0.1) is 21.9 Å². The van der Waals surface area contributed by atoms with Crippen LogP contribution in [0, 0.1) is 0 Å². The Morgan fingerprint density at radius 2 is 0.717 bits per heavy atom. The second kappa shape index (κ2) is 7.67. The Hall–Kier alpha value is -5.86. The van der Waals surface area contributed by atoms with Crippen LogP contribution in [0.15, 0.2) is 158 Å². The predicted octanol–water partition coefficient (Wildman–Crippen LogP) is 8.50. The van der Waals surface area contributed by atoms with Crippen molar-refractivity contribution < 1.29 is 9.13 Å². The maximum absolute atomic E-state index is 2.76. The van der Waals surface area contributed by atoms with Gasteiger partial charge in [-0.1, -0.05) is 109 Å². The summed E-state index contributed by atoms with van der Waals surface area (Å²) in [5.41, 5.74) is 14.8. The van der Waals surface area contributed by atoms with Crippen LogP contribution < -0.4 is 9.13 Å². The highest BCUT2D eigenvalue weighted by molar-refractivity contribution is 6.00. The first-order valence-corrected chi connectivity index (χ1v) is 16.2. The van der Waals surface area contributed by atoms with E-state index in [1.165, 1.54) is 88.8 Å². The number of aromatic nitrogens is 2. The van der Waals surface area contributed by atoms with Crippen LogP contribution in [0.1, 0.15) is 33.6 Å². The summed E-state index contributed by atoms with van der Waals surface area (Å²) < 4.78 is 5.52. The summed E-state index contributed by atoms with van der Waals surface area (Å²) in [5.74, 6) is 0. The van der Waals surface area contributed by atoms with Gasteiger partial charge in [-0.25, -0.2) is 0 Å². The van der Waals surface area contributed by atoms with Gasteiger partial charge in [-0.2, -0.15) is 0 Å². The smallest absolute Gasteiger partial charge is 0.120 e. The number of nitrogens with zero attached hydrogens (tertiary/aromatic N) is 2. The number of rotatable bonds is 0. The number of hydrogen-bond donors (Lipinski definition) is 0. The van der Waals surface area contributed by atoms with Gasteiger partial charge in [-0.15, -0.1) is 9.13 Å². The molecule has 4 aliphatic rings. The van der Waals surface area contributed by atoms with E-state index in [0.29, 0.717) is 0 Å². The van der Waals surface area contributed by atoms with Crippen LogP contribution in [0.2, 0.25) is 0 Å². The summed E-state index contributed by atoms with van der Waals surface area (Å²) in [6.45, 7) is 0. The Balaban J connectivity index is 1.45. The molecule has 5 heterocycles. The Morgan fingerprint density at radius 1 is 0.348 bits per heavy atom. The van der Waals surface area contributed by atoms with Crippen LogP contribution in [0.25, 0.3) is 55.2 Å². The molecule has 0 amide bonds. The monoisotopic (exact) mass is 582 g/mol. The van der Waals surface area contributed by atoms with Crippen molar-refractivity contribution in [2.45, 2.75) is 11.1 Å². The highest BCUT2D eigenvalue weighted by atomic mass is 15.3. The minimum absolute atomic E-state index is 0.529. The summed E-state index contributed by atoms with van der Waals surface area (Å²) >= 11 is 0. The van der Waals surface area contributed by atoms with Gasteiger partial charge in [0.25, 0.3) is 0 Å².